The molecular weight excluding hydrogens is 376 g/mol. The summed E-state index contributed by atoms with van der Waals surface area (Å²) in [5.41, 5.74) is 1.14. The molecule has 0 aliphatic carbocycles. The summed E-state index contributed by atoms with van der Waals surface area (Å²) >= 11 is 8.96. The smallest absolute Gasteiger partial charge is 0.266 e. The van der Waals surface area contributed by atoms with Crippen LogP contribution in [0.1, 0.15) is 15.9 Å². The van der Waals surface area contributed by atoms with E-state index < -0.39 is 18.7 Å². The van der Waals surface area contributed by atoms with E-state index in [2.05, 4.69) is 15.9 Å². The van der Waals surface area contributed by atoms with Gasteiger partial charge in [-0.2, -0.15) is 0 Å². The van der Waals surface area contributed by atoms with Crippen LogP contribution in [0.2, 0.25) is 0 Å². The summed E-state index contributed by atoms with van der Waals surface area (Å²) in [6.45, 7) is 1.84. The molecule has 21 heavy (non-hydrogen) atoms. The quantitative estimate of drug-likeness (QED) is 0.590. The number of carbonyl (C=O) groups excluding carboxylic acids is 1. The second-order valence-corrected chi connectivity index (χ2v) is 9.58. The molecule has 0 heterocycles. The molecule has 0 radical (unpaired) electrons. The van der Waals surface area contributed by atoms with Crippen LogP contribution in [0.5, 0.6) is 0 Å². The lowest BCUT2D eigenvalue weighted by Gasteiger charge is -2.19. The molecule has 0 aliphatic heterocycles. The number of alkyl halides is 2. The molecule has 2 aromatic carbocycles. The average Bonchev–Trinajstić information content (AvgIpc) is 2.47. The molecule has 0 saturated carbocycles. The zero-order valence-corrected chi connectivity index (χ0v) is 14.2. The van der Waals surface area contributed by atoms with Gasteiger partial charge in [0.05, 0.1) is 4.90 Å². The minimum Gasteiger partial charge on any atom is -0.290 e. The number of rotatable bonds is 4. The summed E-state index contributed by atoms with van der Waals surface area (Å²) in [7, 11) is -4.07. The Kier molecular flexibility index (Phi) is 4.56. The predicted octanol–water partition coefficient (Wildman–Crippen LogP) is 3.94. The van der Waals surface area contributed by atoms with Gasteiger partial charge < -0.3 is 0 Å². The second kappa shape index (κ2) is 5.91. The molecule has 1 unspecified atom stereocenters. The van der Waals surface area contributed by atoms with Crippen LogP contribution in [0, 0.1) is 6.92 Å². The normalized spacial score (nSPS) is 14.4. The molecule has 2 aromatic rings. The van der Waals surface area contributed by atoms with Crippen molar-refractivity contribution in [2.45, 2.75) is 14.9 Å². The van der Waals surface area contributed by atoms with Crippen LogP contribution in [0.15, 0.2) is 59.5 Å². The lowest BCUT2D eigenvalue weighted by Crippen LogP contribution is -2.35. The minimum atomic E-state index is -4.07. The maximum Gasteiger partial charge on any atom is 0.266 e. The number of hydrogen-bond donors (Lipinski definition) is 0. The van der Waals surface area contributed by atoms with Crippen molar-refractivity contribution in [2.75, 3.05) is 0 Å². The van der Waals surface area contributed by atoms with Gasteiger partial charge in [0.15, 0.2) is 0 Å². The van der Waals surface area contributed by atoms with Gasteiger partial charge in [-0.3, -0.25) is 4.79 Å². The zero-order valence-electron chi connectivity index (χ0n) is 11.1. The van der Waals surface area contributed by atoms with E-state index in [4.69, 9.17) is 11.6 Å². The molecule has 0 bridgehead atoms. The Morgan fingerprint density at radius 2 is 1.57 bits per heavy atom. The SMILES string of the molecule is Cc1ccc(S(=O)(=O)C(Cl)(Br)C(=O)c2ccccc2)cc1. The number of carbonyl (C=O) groups is 1. The van der Waals surface area contributed by atoms with Crippen molar-refractivity contribution in [1.82, 2.24) is 0 Å². The summed E-state index contributed by atoms with van der Waals surface area (Å²) in [4.78, 5) is 12.4. The van der Waals surface area contributed by atoms with E-state index in [0.29, 0.717) is 0 Å². The molecule has 3 nitrogen and oxygen atoms in total. The van der Waals surface area contributed by atoms with E-state index in [1.807, 2.05) is 6.92 Å². The molecular formula is C15H12BrClO3S. The Balaban J connectivity index is 2.47. The molecule has 0 aliphatic rings. The lowest BCUT2D eigenvalue weighted by atomic mass is 10.1. The van der Waals surface area contributed by atoms with Crippen LogP contribution in [-0.4, -0.2) is 17.3 Å². The molecule has 0 aromatic heterocycles. The maximum absolute atomic E-state index is 12.6. The standard InChI is InChI=1S/C15H12BrClO3S/c1-11-7-9-13(10-8-11)21(19,20)15(16,17)14(18)12-5-3-2-4-6-12/h2-10H,1H3. The van der Waals surface area contributed by atoms with Gasteiger partial charge in [-0.25, -0.2) is 8.42 Å². The van der Waals surface area contributed by atoms with Crippen molar-refractivity contribution >= 4 is 43.2 Å². The van der Waals surface area contributed by atoms with Gasteiger partial charge in [0.25, 0.3) is 3.12 Å². The van der Waals surface area contributed by atoms with Gasteiger partial charge in [0, 0.05) is 5.56 Å². The van der Waals surface area contributed by atoms with Crippen molar-refractivity contribution in [3.63, 3.8) is 0 Å². The molecule has 0 amide bonds. The van der Waals surface area contributed by atoms with E-state index in [1.165, 1.54) is 24.3 Å². The van der Waals surface area contributed by atoms with Crippen molar-refractivity contribution in [3.05, 3.63) is 65.7 Å². The van der Waals surface area contributed by atoms with Gasteiger partial charge in [-0.05, 0) is 35.0 Å². The fourth-order valence-electron chi connectivity index (χ4n) is 1.75. The number of hydrogen-bond acceptors (Lipinski definition) is 3. The van der Waals surface area contributed by atoms with E-state index in [-0.39, 0.29) is 10.5 Å². The molecule has 0 fully saturated rings. The van der Waals surface area contributed by atoms with Crippen LogP contribution in [0.25, 0.3) is 0 Å². The second-order valence-electron chi connectivity index (χ2n) is 4.53. The van der Waals surface area contributed by atoms with Crippen molar-refractivity contribution in [3.8, 4) is 0 Å². The van der Waals surface area contributed by atoms with Crippen LogP contribution in [0.4, 0.5) is 0 Å². The molecule has 1 atom stereocenters. The van der Waals surface area contributed by atoms with Gasteiger partial charge in [0.1, 0.15) is 0 Å². The number of benzene rings is 2. The summed E-state index contributed by atoms with van der Waals surface area (Å²) < 4.78 is 22.9. The number of aryl methyl sites for hydroxylation is 1. The van der Waals surface area contributed by atoms with Crippen molar-refractivity contribution in [1.29, 1.82) is 0 Å². The monoisotopic (exact) mass is 386 g/mol. The molecule has 6 heteroatoms. The largest absolute Gasteiger partial charge is 0.290 e. The maximum atomic E-state index is 12.6. The van der Waals surface area contributed by atoms with E-state index >= 15 is 0 Å². The van der Waals surface area contributed by atoms with E-state index in [0.717, 1.165) is 5.56 Å². The third kappa shape index (κ3) is 3.05. The van der Waals surface area contributed by atoms with E-state index in [1.54, 1.807) is 30.3 Å². The highest BCUT2D eigenvalue weighted by Gasteiger charge is 2.48. The molecule has 0 spiro atoms. The van der Waals surface area contributed by atoms with Crippen molar-refractivity contribution < 1.29 is 13.2 Å². The number of Topliss-reactive ketones (excluding diaryl/α,β-unsaturated/α-hetero) is 1. The van der Waals surface area contributed by atoms with Crippen LogP contribution >= 0.6 is 27.5 Å². The third-order valence-electron chi connectivity index (χ3n) is 2.97. The lowest BCUT2D eigenvalue weighted by molar-refractivity contribution is 0.1000. The summed E-state index contributed by atoms with van der Waals surface area (Å²) in [5.74, 6) is -0.717. The van der Waals surface area contributed by atoms with Gasteiger partial charge in [-0.15, -0.1) is 0 Å². The summed E-state index contributed by atoms with van der Waals surface area (Å²) in [6.07, 6.45) is 0. The van der Waals surface area contributed by atoms with Gasteiger partial charge in [-0.1, -0.05) is 59.6 Å². The average molecular weight is 388 g/mol. The topological polar surface area (TPSA) is 51.2 Å². The first-order chi connectivity index (χ1) is 9.76. The fraction of sp³-hybridized carbons (Fsp3) is 0.133. The van der Waals surface area contributed by atoms with Gasteiger partial charge in [0.2, 0.25) is 15.6 Å². The number of sulfone groups is 1. The number of ketones is 1. The first-order valence-electron chi connectivity index (χ1n) is 6.06. The highest BCUT2D eigenvalue weighted by atomic mass is 79.9. The Bertz CT molecular complexity index is 753. The predicted molar refractivity (Wildman–Crippen MR) is 86.6 cm³/mol. The Morgan fingerprint density at radius 3 is 2.10 bits per heavy atom. The Morgan fingerprint density at radius 1 is 1.05 bits per heavy atom. The zero-order chi connectivity index (χ0) is 15.7. The molecule has 0 saturated heterocycles. The van der Waals surface area contributed by atoms with Crippen molar-refractivity contribution in [2.24, 2.45) is 0 Å². The summed E-state index contributed by atoms with van der Waals surface area (Å²) in [6, 6.07) is 14.2. The molecule has 2 rings (SSSR count). The highest BCUT2D eigenvalue weighted by Crippen LogP contribution is 2.38. The third-order valence-corrected chi connectivity index (χ3v) is 7.14. The van der Waals surface area contributed by atoms with Crippen LogP contribution in [0.3, 0.4) is 0 Å². The Hall–Kier alpha value is -1.17. The Labute approximate surface area is 137 Å². The van der Waals surface area contributed by atoms with Crippen LogP contribution in [-0.2, 0) is 9.84 Å². The first-order valence-corrected chi connectivity index (χ1v) is 8.71. The minimum absolute atomic E-state index is 0.00995. The number of halogens is 2. The van der Waals surface area contributed by atoms with Gasteiger partial charge >= 0.3 is 0 Å². The molecule has 110 valence electrons. The van der Waals surface area contributed by atoms with E-state index in [9.17, 15) is 13.2 Å². The summed E-state index contributed by atoms with van der Waals surface area (Å²) in [5, 5.41) is 0. The fourth-order valence-corrected chi connectivity index (χ4v) is 4.06. The molecule has 0 N–H and O–H groups in total. The highest BCUT2D eigenvalue weighted by molar-refractivity contribution is 9.12. The first kappa shape index (κ1) is 16.2. The van der Waals surface area contributed by atoms with Crippen LogP contribution < -0.4 is 0 Å².